The molecule has 2 aromatic rings. The van der Waals surface area contributed by atoms with Crippen molar-refractivity contribution in [2.24, 2.45) is 5.41 Å². The van der Waals surface area contributed by atoms with E-state index in [0.717, 1.165) is 22.6 Å². The predicted molar refractivity (Wildman–Crippen MR) is 82.8 cm³/mol. The van der Waals surface area contributed by atoms with Gasteiger partial charge in [0.1, 0.15) is 0 Å². The quantitative estimate of drug-likeness (QED) is 0.848. The Balaban J connectivity index is 2.06. The largest absolute Gasteiger partial charge is 0.314 e. The maximum absolute atomic E-state index is 12.2. The number of benzene rings is 1. The first-order chi connectivity index (χ1) is 9.90. The first-order valence-electron chi connectivity index (χ1n) is 7.03. The summed E-state index contributed by atoms with van der Waals surface area (Å²) in [5.41, 5.74) is 3.41. The third-order valence-corrected chi connectivity index (χ3v) is 3.91. The van der Waals surface area contributed by atoms with Crippen LogP contribution in [0.5, 0.6) is 0 Å². The van der Waals surface area contributed by atoms with E-state index >= 15 is 0 Å². The van der Waals surface area contributed by atoms with Crippen LogP contribution in [-0.2, 0) is 4.79 Å². The van der Waals surface area contributed by atoms with E-state index in [2.05, 4.69) is 5.10 Å². The average molecular weight is 281 g/mol. The Morgan fingerprint density at radius 2 is 1.81 bits per heavy atom. The summed E-state index contributed by atoms with van der Waals surface area (Å²) in [6.45, 7) is 5.85. The molecule has 3 rings (SSSR count). The number of hydrogen-bond acceptors (Lipinski definition) is 2. The minimum absolute atomic E-state index is 0.115. The van der Waals surface area contributed by atoms with Gasteiger partial charge in [0.05, 0.1) is 22.5 Å². The molecule has 1 aromatic heterocycles. The van der Waals surface area contributed by atoms with Crippen molar-refractivity contribution in [1.29, 1.82) is 0 Å². The summed E-state index contributed by atoms with van der Waals surface area (Å²) in [6, 6.07) is 9.98. The number of carbonyl (C=O) groups excluding carboxylic acids is 1. The van der Waals surface area contributed by atoms with Gasteiger partial charge in [0.15, 0.2) is 0 Å². The highest BCUT2D eigenvalue weighted by Gasteiger charge is 2.38. The predicted octanol–water partition coefficient (Wildman–Crippen LogP) is 3.02. The molecule has 1 aliphatic rings. The Hall–Kier alpha value is -2.36. The van der Waals surface area contributed by atoms with Crippen LogP contribution in [0.25, 0.3) is 11.4 Å². The van der Waals surface area contributed by atoms with Crippen molar-refractivity contribution < 1.29 is 4.79 Å². The Morgan fingerprint density at radius 3 is 2.38 bits per heavy atom. The summed E-state index contributed by atoms with van der Waals surface area (Å²) >= 11 is 0. The Bertz CT molecular complexity index is 726. The Labute approximate surface area is 124 Å². The van der Waals surface area contributed by atoms with Crippen molar-refractivity contribution in [3.05, 3.63) is 53.9 Å². The normalized spacial score (nSPS) is 17.2. The van der Waals surface area contributed by atoms with Crippen LogP contribution in [0.3, 0.4) is 0 Å². The van der Waals surface area contributed by atoms with Crippen molar-refractivity contribution in [2.45, 2.75) is 20.8 Å². The Morgan fingerprint density at radius 1 is 1.14 bits per heavy atom. The third kappa shape index (κ3) is 2.17. The van der Waals surface area contributed by atoms with Crippen molar-refractivity contribution in [1.82, 2.24) is 14.7 Å². The maximum atomic E-state index is 12.2. The van der Waals surface area contributed by atoms with Crippen LogP contribution in [0.4, 0.5) is 0 Å². The van der Waals surface area contributed by atoms with Crippen LogP contribution in [0.15, 0.2) is 42.6 Å². The minimum Gasteiger partial charge on any atom is -0.314 e. The van der Waals surface area contributed by atoms with Crippen LogP contribution >= 0.6 is 0 Å². The van der Waals surface area contributed by atoms with Gasteiger partial charge in [-0.15, -0.1) is 0 Å². The number of aryl methyl sites for hydroxylation is 1. The molecule has 1 aliphatic heterocycles. The summed E-state index contributed by atoms with van der Waals surface area (Å²) < 4.78 is 1.86. The molecule has 108 valence electrons. The monoisotopic (exact) mass is 281 g/mol. The maximum Gasteiger partial charge on any atom is 0.236 e. The summed E-state index contributed by atoms with van der Waals surface area (Å²) in [4.78, 5) is 14.0. The second-order valence-electron chi connectivity index (χ2n) is 6.02. The van der Waals surface area contributed by atoms with Crippen molar-refractivity contribution in [3.8, 4) is 5.69 Å². The summed E-state index contributed by atoms with van der Waals surface area (Å²) in [5, 5.41) is 4.57. The molecule has 2 heterocycles. The summed E-state index contributed by atoms with van der Waals surface area (Å²) in [7, 11) is 1.82. The van der Waals surface area contributed by atoms with Crippen molar-refractivity contribution in [2.75, 3.05) is 7.05 Å². The van der Waals surface area contributed by atoms with E-state index in [9.17, 15) is 4.79 Å². The SMILES string of the molecule is Cc1nn(-c2ccccc2)cc1C1=CC(C)(C)C(=O)N1C. The van der Waals surface area contributed by atoms with E-state index in [-0.39, 0.29) is 5.91 Å². The number of amides is 1. The van der Waals surface area contributed by atoms with E-state index in [1.165, 1.54) is 0 Å². The summed E-state index contributed by atoms with van der Waals surface area (Å²) in [5.74, 6) is 0.115. The van der Waals surface area contributed by atoms with Gasteiger partial charge in [0.25, 0.3) is 0 Å². The number of aromatic nitrogens is 2. The summed E-state index contributed by atoms with van der Waals surface area (Å²) in [6.07, 6.45) is 4.01. The molecule has 0 atom stereocenters. The fraction of sp³-hybridized carbons (Fsp3) is 0.294. The molecule has 1 amide bonds. The fourth-order valence-electron chi connectivity index (χ4n) is 2.72. The van der Waals surface area contributed by atoms with E-state index in [1.807, 2.05) is 75.1 Å². The highest BCUT2D eigenvalue weighted by molar-refractivity contribution is 5.98. The molecule has 0 saturated carbocycles. The Kier molecular flexibility index (Phi) is 2.97. The highest BCUT2D eigenvalue weighted by atomic mass is 16.2. The van der Waals surface area contributed by atoms with Crippen molar-refractivity contribution in [3.63, 3.8) is 0 Å². The second kappa shape index (κ2) is 4.58. The second-order valence-corrected chi connectivity index (χ2v) is 6.02. The minimum atomic E-state index is -0.453. The lowest BCUT2D eigenvalue weighted by atomic mass is 9.94. The van der Waals surface area contributed by atoms with Gasteiger partial charge in [-0.25, -0.2) is 4.68 Å². The van der Waals surface area contributed by atoms with Crippen LogP contribution in [0.1, 0.15) is 25.1 Å². The zero-order valence-electron chi connectivity index (χ0n) is 12.8. The fourth-order valence-corrected chi connectivity index (χ4v) is 2.72. The lowest BCUT2D eigenvalue weighted by molar-refractivity contribution is -0.131. The molecule has 0 N–H and O–H groups in total. The first-order valence-corrected chi connectivity index (χ1v) is 7.03. The van der Waals surface area contributed by atoms with E-state index in [4.69, 9.17) is 0 Å². The van der Waals surface area contributed by atoms with E-state index < -0.39 is 5.41 Å². The molecule has 0 radical (unpaired) electrons. The zero-order valence-corrected chi connectivity index (χ0v) is 12.8. The highest BCUT2D eigenvalue weighted by Crippen LogP contribution is 2.37. The van der Waals surface area contributed by atoms with Gasteiger partial charge in [-0.3, -0.25) is 4.79 Å². The topological polar surface area (TPSA) is 38.1 Å². The van der Waals surface area contributed by atoms with Gasteiger partial charge in [0, 0.05) is 18.8 Å². The first kappa shape index (κ1) is 13.6. The molecule has 0 spiro atoms. The zero-order chi connectivity index (χ0) is 15.2. The van der Waals surface area contributed by atoms with Crippen LogP contribution < -0.4 is 0 Å². The smallest absolute Gasteiger partial charge is 0.236 e. The number of hydrogen-bond donors (Lipinski definition) is 0. The van der Waals surface area contributed by atoms with Gasteiger partial charge >= 0.3 is 0 Å². The lowest BCUT2D eigenvalue weighted by Crippen LogP contribution is -2.29. The van der Waals surface area contributed by atoms with Gasteiger partial charge in [0.2, 0.25) is 5.91 Å². The van der Waals surface area contributed by atoms with Crippen molar-refractivity contribution >= 4 is 11.6 Å². The molecule has 0 unspecified atom stereocenters. The van der Waals surface area contributed by atoms with Gasteiger partial charge < -0.3 is 4.90 Å². The molecule has 21 heavy (non-hydrogen) atoms. The standard InChI is InChI=1S/C17H19N3O/c1-12-14(15-10-17(2,3)16(21)19(15)4)11-20(18-12)13-8-6-5-7-9-13/h5-11H,1-4H3. The van der Waals surface area contributed by atoms with Gasteiger partial charge in [-0.05, 0) is 39.0 Å². The lowest BCUT2D eigenvalue weighted by Gasteiger charge is -2.17. The molecule has 0 fully saturated rings. The van der Waals surface area contributed by atoms with Gasteiger partial charge in [-0.2, -0.15) is 5.10 Å². The number of para-hydroxylation sites is 1. The molecule has 0 saturated heterocycles. The number of rotatable bonds is 2. The molecule has 4 heteroatoms. The van der Waals surface area contributed by atoms with E-state index in [1.54, 1.807) is 4.90 Å². The van der Waals surface area contributed by atoms with E-state index in [0.29, 0.717) is 0 Å². The van der Waals surface area contributed by atoms with Crippen LogP contribution in [-0.4, -0.2) is 27.6 Å². The average Bonchev–Trinajstić information content (AvgIpc) is 2.94. The molecule has 0 bridgehead atoms. The van der Waals surface area contributed by atoms with Gasteiger partial charge in [-0.1, -0.05) is 18.2 Å². The van der Waals surface area contributed by atoms with Crippen LogP contribution in [0, 0.1) is 12.3 Å². The molecule has 1 aromatic carbocycles. The number of carbonyl (C=O) groups is 1. The van der Waals surface area contributed by atoms with Crippen LogP contribution in [0.2, 0.25) is 0 Å². The molecular weight excluding hydrogens is 262 g/mol. The number of nitrogens with zero attached hydrogens (tertiary/aromatic N) is 3. The molecule has 0 aliphatic carbocycles. The third-order valence-electron chi connectivity index (χ3n) is 3.91. The molecular formula is C17H19N3O. The molecule has 4 nitrogen and oxygen atoms in total.